The summed E-state index contributed by atoms with van der Waals surface area (Å²) in [6.45, 7) is 6.70. The predicted molar refractivity (Wildman–Crippen MR) is 98.1 cm³/mol. The van der Waals surface area contributed by atoms with Gasteiger partial charge in [-0.15, -0.1) is 0 Å². The SMILES string of the molecule is COC(=O)C[C@]1(NC(=O)C(C)NC(=O)OC(C)(C)C)CC[C@H]2[C@H](C(=O)OC)[C@H]21. The number of carbonyl (C=O) groups excluding carboxylic acids is 4. The molecule has 0 bridgehead atoms. The lowest BCUT2D eigenvalue weighted by molar-refractivity contribution is -0.146. The Morgan fingerprint density at radius 1 is 1.14 bits per heavy atom. The average Bonchev–Trinajstić information content (AvgIpc) is 3.22. The summed E-state index contributed by atoms with van der Waals surface area (Å²) in [6.07, 6.45) is 0.509. The lowest BCUT2D eigenvalue weighted by atomic mass is 9.86. The molecule has 0 heterocycles. The number of rotatable bonds is 6. The fourth-order valence-corrected chi connectivity index (χ4v) is 4.16. The average molecular weight is 398 g/mol. The fourth-order valence-electron chi connectivity index (χ4n) is 4.16. The van der Waals surface area contributed by atoms with Gasteiger partial charge >= 0.3 is 18.0 Å². The number of fused-ring (bicyclic) bond motifs is 1. The Balaban J connectivity index is 2.09. The molecule has 9 nitrogen and oxygen atoms in total. The summed E-state index contributed by atoms with van der Waals surface area (Å²) in [5.41, 5.74) is -1.58. The van der Waals surface area contributed by atoms with E-state index < -0.39 is 35.2 Å². The summed E-state index contributed by atoms with van der Waals surface area (Å²) < 4.78 is 14.8. The molecule has 1 unspecified atom stereocenters. The van der Waals surface area contributed by atoms with Gasteiger partial charge in [-0.3, -0.25) is 14.4 Å². The second-order valence-electron chi connectivity index (χ2n) is 8.54. The monoisotopic (exact) mass is 398 g/mol. The first-order valence-corrected chi connectivity index (χ1v) is 9.40. The highest BCUT2D eigenvalue weighted by Gasteiger charge is 2.69. The lowest BCUT2D eigenvalue weighted by Gasteiger charge is -2.33. The van der Waals surface area contributed by atoms with Gasteiger partial charge in [-0.05, 0) is 52.4 Å². The fraction of sp³-hybridized carbons (Fsp3) is 0.789. The van der Waals surface area contributed by atoms with E-state index in [0.29, 0.717) is 12.8 Å². The van der Waals surface area contributed by atoms with Crippen molar-refractivity contribution in [3.63, 3.8) is 0 Å². The number of carbonyl (C=O) groups is 4. The van der Waals surface area contributed by atoms with Crippen LogP contribution in [0, 0.1) is 17.8 Å². The first kappa shape index (κ1) is 22.0. The van der Waals surface area contributed by atoms with E-state index in [2.05, 4.69) is 10.6 Å². The van der Waals surface area contributed by atoms with Crippen LogP contribution in [0.25, 0.3) is 0 Å². The van der Waals surface area contributed by atoms with Crippen LogP contribution in [0.2, 0.25) is 0 Å². The highest BCUT2D eigenvalue weighted by molar-refractivity contribution is 5.87. The van der Waals surface area contributed by atoms with Crippen LogP contribution in [0.3, 0.4) is 0 Å². The van der Waals surface area contributed by atoms with E-state index in [9.17, 15) is 19.2 Å². The van der Waals surface area contributed by atoms with Gasteiger partial charge in [0, 0.05) is 0 Å². The minimum Gasteiger partial charge on any atom is -0.469 e. The van der Waals surface area contributed by atoms with E-state index >= 15 is 0 Å². The number of hydrogen-bond donors (Lipinski definition) is 2. The zero-order valence-corrected chi connectivity index (χ0v) is 17.3. The maximum absolute atomic E-state index is 12.7. The molecular weight excluding hydrogens is 368 g/mol. The van der Waals surface area contributed by atoms with Crippen LogP contribution in [0.4, 0.5) is 4.79 Å². The highest BCUT2D eigenvalue weighted by Crippen LogP contribution is 2.63. The number of ether oxygens (including phenoxy) is 3. The van der Waals surface area contributed by atoms with Gasteiger partial charge in [0.05, 0.1) is 32.1 Å². The Kier molecular flexibility index (Phi) is 6.25. The van der Waals surface area contributed by atoms with Crippen molar-refractivity contribution in [3.8, 4) is 0 Å². The normalized spacial score (nSPS) is 29.1. The van der Waals surface area contributed by atoms with Crippen molar-refractivity contribution < 1.29 is 33.4 Å². The molecule has 0 radical (unpaired) electrons. The van der Waals surface area contributed by atoms with Gasteiger partial charge in [0.1, 0.15) is 11.6 Å². The minimum absolute atomic E-state index is 0.0386. The number of amides is 2. The van der Waals surface area contributed by atoms with Gasteiger partial charge in [-0.1, -0.05) is 0 Å². The Morgan fingerprint density at radius 3 is 2.32 bits per heavy atom. The van der Waals surface area contributed by atoms with Gasteiger partial charge in [-0.2, -0.15) is 0 Å². The van der Waals surface area contributed by atoms with Gasteiger partial charge in [0.2, 0.25) is 5.91 Å². The second kappa shape index (κ2) is 7.97. The molecule has 2 amide bonds. The van der Waals surface area contributed by atoms with Crippen molar-refractivity contribution in [2.24, 2.45) is 17.8 Å². The van der Waals surface area contributed by atoms with Crippen LogP contribution in [-0.4, -0.2) is 55.3 Å². The first-order valence-electron chi connectivity index (χ1n) is 9.40. The number of hydrogen-bond acceptors (Lipinski definition) is 7. The van der Waals surface area contributed by atoms with Crippen molar-refractivity contribution in [3.05, 3.63) is 0 Å². The molecule has 2 saturated carbocycles. The molecule has 0 aromatic rings. The van der Waals surface area contributed by atoms with Gasteiger partial charge in [0.15, 0.2) is 0 Å². The van der Waals surface area contributed by atoms with Gasteiger partial charge in [-0.25, -0.2) is 4.79 Å². The summed E-state index contributed by atoms with van der Waals surface area (Å²) in [7, 11) is 2.60. The summed E-state index contributed by atoms with van der Waals surface area (Å²) in [5.74, 6) is -1.70. The van der Waals surface area contributed by atoms with E-state index in [-0.39, 0.29) is 30.1 Å². The summed E-state index contributed by atoms with van der Waals surface area (Å²) >= 11 is 0. The third-order valence-electron chi connectivity index (χ3n) is 5.39. The van der Waals surface area contributed by atoms with Gasteiger partial charge in [0.25, 0.3) is 0 Å². The molecule has 2 aliphatic rings. The molecule has 0 aromatic carbocycles. The van der Waals surface area contributed by atoms with Crippen molar-refractivity contribution >= 4 is 23.9 Å². The molecule has 9 heteroatoms. The molecule has 5 atom stereocenters. The topological polar surface area (TPSA) is 120 Å². The van der Waals surface area contributed by atoms with Crippen LogP contribution in [-0.2, 0) is 28.6 Å². The molecule has 2 N–H and O–H groups in total. The largest absolute Gasteiger partial charge is 0.469 e. The molecule has 2 aliphatic carbocycles. The molecule has 0 saturated heterocycles. The molecule has 158 valence electrons. The van der Waals surface area contributed by atoms with Crippen LogP contribution < -0.4 is 10.6 Å². The zero-order valence-electron chi connectivity index (χ0n) is 17.3. The molecule has 2 fully saturated rings. The van der Waals surface area contributed by atoms with Gasteiger partial charge < -0.3 is 24.8 Å². The smallest absolute Gasteiger partial charge is 0.408 e. The Bertz CT molecular complexity index is 657. The summed E-state index contributed by atoms with van der Waals surface area (Å²) in [5, 5.41) is 5.40. The summed E-state index contributed by atoms with van der Waals surface area (Å²) in [6, 6.07) is -0.876. The third kappa shape index (κ3) is 4.74. The third-order valence-corrected chi connectivity index (χ3v) is 5.39. The quantitative estimate of drug-likeness (QED) is 0.508. The predicted octanol–water partition coefficient (Wildman–Crippen LogP) is 1.15. The Labute approximate surface area is 164 Å². The Hall–Kier alpha value is -2.32. The highest BCUT2D eigenvalue weighted by atomic mass is 16.6. The first-order chi connectivity index (χ1) is 12.9. The molecule has 2 rings (SSSR count). The zero-order chi connectivity index (χ0) is 21.3. The molecule has 28 heavy (non-hydrogen) atoms. The van der Waals surface area contributed by atoms with E-state index in [1.54, 1.807) is 20.8 Å². The van der Waals surface area contributed by atoms with E-state index in [4.69, 9.17) is 14.2 Å². The molecule has 0 spiro atoms. The molecule has 0 aromatic heterocycles. The van der Waals surface area contributed by atoms with Crippen molar-refractivity contribution in [2.45, 2.75) is 64.1 Å². The van der Waals surface area contributed by atoms with E-state index in [1.807, 2.05) is 0 Å². The number of alkyl carbamates (subject to hydrolysis) is 1. The van der Waals surface area contributed by atoms with Crippen molar-refractivity contribution in [1.82, 2.24) is 10.6 Å². The number of methoxy groups -OCH3 is 2. The summed E-state index contributed by atoms with van der Waals surface area (Å²) in [4.78, 5) is 48.6. The maximum Gasteiger partial charge on any atom is 0.408 e. The Morgan fingerprint density at radius 2 is 1.79 bits per heavy atom. The second-order valence-corrected chi connectivity index (χ2v) is 8.54. The van der Waals surface area contributed by atoms with E-state index in [0.717, 1.165) is 0 Å². The molecular formula is C19H30N2O7. The number of esters is 2. The minimum atomic E-state index is -0.891. The number of nitrogens with one attached hydrogen (secondary N) is 2. The van der Waals surface area contributed by atoms with E-state index in [1.165, 1.54) is 21.1 Å². The van der Waals surface area contributed by atoms with Crippen LogP contribution >= 0.6 is 0 Å². The maximum atomic E-state index is 12.7. The van der Waals surface area contributed by atoms with Crippen LogP contribution in [0.15, 0.2) is 0 Å². The lowest BCUT2D eigenvalue weighted by Crippen LogP contribution is -2.57. The van der Waals surface area contributed by atoms with Crippen molar-refractivity contribution in [1.29, 1.82) is 0 Å². The molecule has 0 aliphatic heterocycles. The van der Waals surface area contributed by atoms with Crippen molar-refractivity contribution in [2.75, 3.05) is 14.2 Å². The van der Waals surface area contributed by atoms with Crippen LogP contribution in [0.5, 0.6) is 0 Å². The van der Waals surface area contributed by atoms with Crippen LogP contribution in [0.1, 0.15) is 47.0 Å². The standard InChI is InChI=1S/C19H30N2O7/c1-10(20-17(25)28-18(2,3)4)15(23)21-19(9-12(22)26-5)8-7-11-13(14(11)19)16(24)27-6/h10-11,13-14H,7-9H2,1-6H3,(H,20,25)(H,21,23)/t10?,11-,13-,14-,19+/m0/s1.